The lowest BCUT2D eigenvalue weighted by atomic mass is 10.0. The van der Waals surface area contributed by atoms with E-state index in [1.54, 1.807) is 61.4 Å². The van der Waals surface area contributed by atoms with E-state index in [-0.39, 0.29) is 55.9 Å². The van der Waals surface area contributed by atoms with E-state index in [4.69, 9.17) is 29.0 Å². The maximum Gasteiger partial charge on any atom is 0.303 e. The number of carbonyl (C=O) groups excluding carboxylic acids is 5. The molecular formula is C56H59N7O11. The van der Waals surface area contributed by atoms with Gasteiger partial charge in [0.25, 0.3) is 11.8 Å². The molecule has 4 aliphatic rings. The van der Waals surface area contributed by atoms with Crippen molar-refractivity contribution < 1.29 is 52.8 Å². The van der Waals surface area contributed by atoms with Crippen LogP contribution in [0.1, 0.15) is 89.4 Å². The number of aliphatic carboxylic acids is 1. The molecule has 0 saturated carbocycles. The van der Waals surface area contributed by atoms with E-state index in [0.29, 0.717) is 88.1 Å². The lowest BCUT2D eigenvalue weighted by Gasteiger charge is -2.24. The van der Waals surface area contributed by atoms with Crippen LogP contribution in [0.25, 0.3) is 0 Å². The summed E-state index contributed by atoms with van der Waals surface area (Å²) in [5.74, 6) is -1.75. The predicted molar refractivity (Wildman–Crippen MR) is 278 cm³/mol. The summed E-state index contributed by atoms with van der Waals surface area (Å²) in [6.45, 7) is 5.55. The molecule has 4 heterocycles. The molecule has 0 saturated heterocycles. The zero-order valence-corrected chi connectivity index (χ0v) is 41.9. The number of hydrogen-bond donors (Lipinski definition) is 5. The van der Waals surface area contributed by atoms with Crippen LogP contribution in [0.2, 0.25) is 0 Å². The third kappa shape index (κ3) is 10.7. The lowest BCUT2D eigenvalue weighted by molar-refractivity contribution is -0.137. The van der Waals surface area contributed by atoms with E-state index in [0.717, 1.165) is 28.9 Å². The Morgan fingerprint density at radius 2 is 1.32 bits per heavy atom. The number of rotatable bonds is 19. The second-order valence-corrected chi connectivity index (χ2v) is 19.2. The Kier molecular flexibility index (Phi) is 14.8. The largest absolute Gasteiger partial charge is 0.493 e. The Morgan fingerprint density at radius 1 is 0.716 bits per heavy atom. The number of nitrogens with zero attached hydrogens (tertiary/aromatic N) is 3. The number of anilines is 4. The van der Waals surface area contributed by atoms with Crippen LogP contribution in [0.3, 0.4) is 0 Å². The molecule has 18 nitrogen and oxygen atoms in total. The van der Waals surface area contributed by atoms with E-state index < -0.39 is 35.8 Å². The van der Waals surface area contributed by atoms with Crippen LogP contribution < -0.4 is 50.0 Å². The van der Waals surface area contributed by atoms with Gasteiger partial charge in [-0.1, -0.05) is 50.2 Å². The first-order valence-corrected chi connectivity index (χ1v) is 24.8. The van der Waals surface area contributed by atoms with E-state index in [9.17, 15) is 28.8 Å². The second kappa shape index (κ2) is 21.7. The fourth-order valence-corrected chi connectivity index (χ4v) is 9.89. The average Bonchev–Trinajstić information content (AvgIpc) is 3.88. The first-order chi connectivity index (χ1) is 35.7. The minimum absolute atomic E-state index is 0.0138. The summed E-state index contributed by atoms with van der Waals surface area (Å²) in [5, 5.41) is 20.8. The second-order valence-electron chi connectivity index (χ2n) is 19.2. The Labute approximate surface area is 428 Å². The normalized spacial score (nSPS) is 16.7. The summed E-state index contributed by atoms with van der Waals surface area (Å²) < 4.78 is 24.4. The van der Waals surface area contributed by atoms with Gasteiger partial charge < -0.3 is 50.2 Å². The molecule has 18 heteroatoms. The van der Waals surface area contributed by atoms with Gasteiger partial charge in [-0.15, -0.1) is 0 Å². The van der Waals surface area contributed by atoms with Crippen molar-refractivity contribution in [2.24, 2.45) is 10.9 Å². The number of nitrogens with one attached hydrogen (secondary N) is 4. The molecule has 5 amide bonds. The Balaban J connectivity index is 0.949. The molecule has 74 heavy (non-hydrogen) atoms. The number of ether oxygens (including phenoxy) is 4. The van der Waals surface area contributed by atoms with Crippen LogP contribution in [-0.2, 0) is 45.2 Å². The van der Waals surface area contributed by atoms with Gasteiger partial charge in [0.1, 0.15) is 25.3 Å². The summed E-state index contributed by atoms with van der Waals surface area (Å²) in [4.78, 5) is 87.6. The first-order valence-electron chi connectivity index (χ1n) is 24.8. The number of amides is 5. The highest BCUT2D eigenvalue weighted by molar-refractivity contribution is 6.15. The number of carbonyl (C=O) groups is 6. The molecule has 9 rings (SSSR count). The fraction of sp³-hybridized carbons (Fsp3) is 0.339. The van der Waals surface area contributed by atoms with Crippen LogP contribution >= 0.6 is 0 Å². The van der Waals surface area contributed by atoms with Gasteiger partial charge in [0.2, 0.25) is 17.7 Å². The minimum Gasteiger partial charge on any atom is -0.493 e. The molecule has 4 atom stereocenters. The highest BCUT2D eigenvalue weighted by Gasteiger charge is 2.39. The molecule has 0 spiro atoms. The minimum atomic E-state index is -1.05. The number of aliphatic imine (C=N–C) groups is 1. The number of methoxy groups -OCH3 is 2. The van der Waals surface area contributed by atoms with Crippen LogP contribution in [0.5, 0.6) is 23.0 Å². The summed E-state index contributed by atoms with van der Waals surface area (Å²) >= 11 is 0. The fourth-order valence-electron chi connectivity index (χ4n) is 9.89. The summed E-state index contributed by atoms with van der Waals surface area (Å²) in [5.41, 5.74) is 7.34. The topological polar surface area (TPSA) is 227 Å². The van der Waals surface area contributed by atoms with Gasteiger partial charge in [-0.25, -0.2) is 0 Å². The summed E-state index contributed by atoms with van der Waals surface area (Å²) in [6, 6.07) is 25.5. The van der Waals surface area contributed by atoms with Gasteiger partial charge in [-0.2, -0.15) is 0 Å². The Hall–Kier alpha value is -8.41. The molecule has 0 aromatic heterocycles. The molecule has 4 aliphatic heterocycles. The van der Waals surface area contributed by atoms with Crippen molar-refractivity contribution in [1.82, 2.24) is 10.6 Å². The number of benzene rings is 5. The van der Waals surface area contributed by atoms with Crippen molar-refractivity contribution in [2.45, 2.75) is 96.7 Å². The number of carboxylic acids is 1. The van der Waals surface area contributed by atoms with Crippen molar-refractivity contribution in [1.29, 1.82) is 0 Å². The van der Waals surface area contributed by atoms with Gasteiger partial charge in [-0.05, 0) is 96.8 Å². The first kappa shape index (κ1) is 50.5. The maximum absolute atomic E-state index is 14.1. The highest BCUT2D eigenvalue weighted by atomic mass is 16.5. The highest BCUT2D eigenvalue weighted by Crippen LogP contribution is 2.43. The van der Waals surface area contributed by atoms with Crippen molar-refractivity contribution in [3.05, 3.63) is 124 Å². The lowest BCUT2D eigenvalue weighted by Crippen LogP contribution is -2.53. The van der Waals surface area contributed by atoms with Gasteiger partial charge in [0, 0.05) is 61.2 Å². The summed E-state index contributed by atoms with van der Waals surface area (Å²) in [6.07, 6.45) is 3.82. The molecule has 0 bridgehead atoms. The van der Waals surface area contributed by atoms with Gasteiger partial charge >= 0.3 is 5.97 Å². The average molecular weight is 1010 g/mol. The van der Waals surface area contributed by atoms with Crippen LogP contribution in [0.15, 0.2) is 96.0 Å². The quantitative estimate of drug-likeness (QED) is 0.0511. The molecule has 5 aromatic carbocycles. The molecule has 0 aliphatic carbocycles. The number of hydrogen-bond acceptors (Lipinski definition) is 12. The van der Waals surface area contributed by atoms with Gasteiger partial charge in [0.05, 0.1) is 48.8 Å². The zero-order chi connectivity index (χ0) is 52.2. The predicted octanol–water partition coefficient (Wildman–Crippen LogP) is 7.38. The van der Waals surface area contributed by atoms with E-state index >= 15 is 0 Å². The third-order valence-electron chi connectivity index (χ3n) is 13.7. The van der Waals surface area contributed by atoms with Gasteiger partial charge in [0.15, 0.2) is 23.0 Å². The molecule has 5 N–H and O–H groups in total. The molecule has 384 valence electrons. The van der Waals surface area contributed by atoms with Crippen LogP contribution in [0, 0.1) is 5.92 Å². The monoisotopic (exact) mass is 1010 g/mol. The Morgan fingerprint density at radius 3 is 1.99 bits per heavy atom. The molecule has 0 radical (unpaired) electrons. The van der Waals surface area contributed by atoms with Crippen LogP contribution in [0.4, 0.5) is 28.4 Å². The van der Waals surface area contributed by atoms with E-state index in [2.05, 4.69) is 21.3 Å². The van der Waals surface area contributed by atoms with E-state index in [1.165, 1.54) is 21.1 Å². The number of para-hydroxylation sites is 2. The van der Waals surface area contributed by atoms with Gasteiger partial charge in [-0.3, -0.25) is 38.7 Å². The van der Waals surface area contributed by atoms with Crippen molar-refractivity contribution in [3.8, 4) is 23.0 Å². The number of carboxylic acid groups (broad SMARTS) is 1. The van der Waals surface area contributed by atoms with E-state index in [1.807, 2.05) is 59.5 Å². The Bertz CT molecular complexity index is 3060. The molecular weight excluding hydrogens is 947 g/mol. The number of unbranched alkanes of at least 4 members (excludes halogenated alkanes) is 1. The van der Waals surface area contributed by atoms with Crippen molar-refractivity contribution >= 4 is 70.2 Å². The van der Waals surface area contributed by atoms with Crippen molar-refractivity contribution in [2.75, 3.05) is 41.2 Å². The number of fused-ring (bicyclic) bond motifs is 8. The SMILES string of the molecule is COc1cc2c(cc1OCc1cc(COc3cc4c(cc3OC)C(=O)N3c5ccccc5C[C@H]3CN4)cc(NC(=O)[C@H](C)NC(=O)[C@@H](NC(=O)CCCCC(=O)O)C(C)C)c1)N=C[C@@H]1Cc3ccccc3N1C2=O. The maximum atomic E-state index is 14.1. The molecule has 5 aromatic rings. The van der Waals surface area contributed by atoms with Crippen LogP contribution in [-0.4, -0.2) is 91.8 Å². The smallest absolute Gasteiger partial charge is 0.303 e. The molecule has 0 unspecified atom stereocenters. The van der Waals surface area contributed by atoms with Crippen molar-refractivity contribution in [3.63, 3.8) is 0 Å². The standard InChI is InChI=1S/C56H59N7O11/c1-31(2)52(61-50(64)16-10-11-17-51(65)66)54(68)59-32(3)53(67)60-37-19-33(29-73-48-25-42-40(23-46(48)71-4)55(69)62-38(27-57-42)21-35-12-6-8-14-44(35)62)18-34(20-37)30-74-49-26-43-41(24-47(49)72-5)56(70)63-39(28-58-43)22-36-13-7-9-15-45(36)63/h6-9,12-15,18-20,23-27,31-32,38-39,52,58H,10-11,16-17,21-22,28-30H2,1-5H3,(H,59,68)(H,60,67)(H,61,64)(H,65,66)/t32-,38-,39-,52-/m0/s1. The summed E-state index contributed by atoms with van der Waals surface area (Å²) in [7, 11) is 3.00. The third-order valence-corrected chi connectivity index (χ3v) is 13.7. The zero-order valence-electron chi connectivity index (χ0n) is 41.9. The molecule has 0 fully saturated rings.